The van der Waals surface area contributed by atoms with Crippen LogP contribution in [0.5, 0.6) is 0 Å². The Hall–Kier alpha value is -0.850. The first-order valence-corrected chi connectivity index (χ1v) is 6.27. The second kappa shape index (κ2) is 5.47. The molecule has 0 fully saturated rings. The van der Waals surface area contributed by atoms with Gasteiger partial charge >= 0.3 is 0 Å². The number of aldehydes is 1. The predicted molar refractivity (Wildman–Crippen MR) is 69.3 cm³/mol. The largest absolute Gasteiger partial charge is 0.303 e. The molecular formula is C15H24O. The van der Waals surface area contributed by atoms with E-state index in [-0.39, 0.29) is 5.41 Å². The summed E-state index contributed by atoms with van der Waals surface area (Å²) in [6.07, 6.45) is 10.1. The van der Waals surface area contributed by atoms with Crippen molar-refractivity contribution in [2.45, 2.75) is 53.4 Å². The topological polar surface area (TPSA) is 17.1 Å². The average molecular weight is 220 g/mol. The molecule has 0 unspecified atom stereocenters. The molecule has 90 valence electrons. The van der Waals surface area contributed by atoms with Crippen molar-refractivity contribution in [2.75, 3.05) is 0 Å². The standard InChI is InChI=1S/C15H24O/c1-12(2)6-5-7-14-8-9-15(4,11-16)13(3)10-14/h6,10-11,13H,5,7-9H2,1-4H3/t13-,15-/m0/s1. The van der Waals surface area contributed by atoms with Crippen LogP contribution in [-0.2, 0) is 4.79 Å². The molecule has 0 spiro atoms. The van der Waals surface area contributed by atoms with Gasteiger partial charge in [0.15, 0.2) is 0 Å². The molecule has 1 aliphatic rings. The van der Waals surface area contributed by atoms with Gasteiger partial charge in [0.1, 0.15) is 6.29 Å². The second-order valence-electron chi connectivity index (χ2n) is 5.56. The van der Waals surface area contributed by atoms with Crippen molar-refractivity contribution in [3.05, 3.63) is 23.3 Å². The van der Waals surface area contributed by atoms with Crippen LogP contribution < -0.4 is 0 Å². The van der Waals surface area contributed by atoms with E-state index in [0.29, 0.717) is 5.92 Å². The van der Waals surface area contributed by atoms with Crippen LogP contribution in [0.3, 0.4) is 0 Å². The lowest BCUT2D eigenvalue weighted by Crippen LogP contribution is -2.29. The van der Waals surface area contributed by atoms with E-state index in [1.54, 1.807) is 0 Å². The summed E-state index contributed by atoms with van der Waals surface area (Å²) in [6.45, 7) is 8.52. The van der Waals surface area contributed by atoms with Crippen LogP contribution in [0.4, 0.5) is 0 Å². The van der Waals surface area contributed by atoms with E-state index in [9.17, 15) is 4.79 Å². The molecule has 16 heavy (non-hydrogen) atoms. The minimum atomic E-state index is -0.125. The maximum absolute atomic E-state index is 11.1. The van der Waals surface area contributed by atoms with Gasteiger partial charge in [0, 0.05) is 5.41 Å². The van der Waals surface area contributed by atoms with Crippen molar-refractivity contribution >= 4 is 6.29 Å². The fourth-order valence-electron chi connectivity index (χ4n) is 2.21. The summed E-state index contributed by atoms with van der Waals surface area (Å²) in [6, 6.07) is 0. The van der Waals surface area contributed by atoms with Gasteiger partial charge in [0.2, 0.25) is 0 Å². The smallest absolute Gasteiger partial charge is 0.126 e. The zero-order valence-electron chi connectivity index (χ0n) is 11.0. The number of hydrogen-bond donors (Lipinski definition) is 0. The number of carbonyl (C=O) groups is 1. The van der Waals surface area contributed by atoms with Crippen LogP contribution in [0.25, 0.3) is 0 Å². The fourth-order valence-corrected chi connectivity index (χ4v) is 2.21. The van der Waals surface area contributed by atoms with Gasteiger partial charge in [-0.15, -0.1) is 0 Å². The predicted octanol–water partition coefficient (Wildman–Crippen LogP) is 4.29. The SMILES string of the molecule is CC(C)=CCCC1=C[C@H](C)[C@](C)(C=O)CC1. The summed E-state index contributed by atoms with van der Waals surface area (Å²) in [5.74, 6) is 0.389. The summed E-state index contributed by atoms with van der Waals surface area (Å²) in [7, 11) is 0. The van der Waals surface area contributed by atoms with E-state index in [2.05, 4.69) is 39.8 Å². The quantitative estimate of drug-likeness (QED) is 0.510. The van der Waals surface area contributed by atoms with Gasteiger partial charge in [-0.05, 0) is 45.4 Å². The summed E-state index contributed by atoms with van der Waals surface area (Å²) in [5.41, 5.74) is 2.80. The molecule has 0 N–H and O–H groups in total. The van der Waals surface area contributed by atoms with Gasteiger partial charge in [-0.25, -0.2) is 0 Å². The van der Waals surface area contributed by atoms with Crippen molar-refractivity contribution in [3.8, 4) is 0 Å². The van der Waals surface area contributed by atoms with E-state index < -0.39 is 0 Å². The van der Waals surface area contributed by atoms with Crippen LogP contribution in [0.1, 0.15) is 53.4 Å². The van der Waals surface area contributed by atoms with Gasteiger partial charge in [0.05, 0.1) is 0 Å². The lowest BCUT2D eigenvalue weighted by Gasteiger charge is -2.33. The van der Waals surface area contributed by atoms with Crippen LogP contribution in [0.15, 0.2) is 23.3 Å². The third-order valence-electron chi connectivity index (χ3n) is 3.80. The number of carbonyl (C=O) groups excluding carboxylic acids is 1. The van der Waals surface area contributed by atoms with E-state index in [1.165, 1.54) is 11.1 Å². The monoisotopic (exact) mass is 220 g/mol. The highest BCUT2D eigenvalue weighted by atomic mass is 16.1. The zero-order valence-corrected chi connectivity index (χ0v) is 11.0. The van der Waals surface area contributed by atoms with E-state index >= 15 is 0 Å². The fraction of sp³-hybridized carbons (Fsp3) is 0.667. The molecule has 0 aliphatic heterocycles. The molecule has 1 aliphatic carbocycles. The number of hydrogen-bond acceptors (Lipinski definition) is 1. The Labute approximate surface area is 99.6 Å². The first kappa shape index (κ1) is 13.2. The molecule has 0 heterocycles. The molecule has 0 radical (unpaired) electrons. The van der Waals surface area contributed by atoms with Crippen molar-refractivity contribution < 1.29 is 4.79 Å². The lowest BCUT2D eigenvalue weighted by molar-refractivity contribution is -0.117. The summed E-state index contributed by atoms with van der Waals surface area (Å²) in [5, 5.41) is 0. The Morgan fingerprint density at radius 1 is 1.56 bits per heavy atom. The Morgan fingerprint density at radius 2 is 2.25 bits per heavy atom. The molecule has 1 nitrogen and oxygen atoms in total. The van der Waals surface area contributed by atoms with Crippen molar-refractivity contribution in [1.82, 2.24) is 0 Å². The molecular weight excluding hydrogens is 196 g/mol. The molecule has 1 rings (SSSR count). The first-order chi connectivity index (χ1) is 7.48. The number of rotatable bonds is 4. The highest BCUT2D eigenvalue weighted by Crippen LogP contribution is 2.38. The highest BCUT2D eigenvalue weighted by Gasteiger charge is 2.32. The molecule has 0 saturated carbocycles. The lowest BCUT2D eigenvalue weighted by atomic mass is 9.70. The maximum Gasteiger partial charge on any atom is 0.126 e. The highest BCUT2D eigenvalue weighted by molar-refractivity contribution is 5.60. The first-order valence-electron chi connectivity index (χ1n) is 6.27. The third kappa shape index (κ3) is 3.33. The molecule has 0 saturated heterocycles. The summed E-state index contributed by atoms with van der Waals surface area (Å²) >= 11 is 0. The second-order valence-corrected chi connectivity index (χ2v) is 5.56. The Kier molecular flexibility index (Phi) is 4.52. The zero-order chi connectivity index (χ0) is 12.2. The van der Waals surface area contributed by atoms with Crippen LogP contribution in [0, 0.1) is 11.3 Å². The van der Waals surface area contributed by atoms with Crippen molar-refractivity contribution in [1.29, 1.82) is 0 Å². The van der Waals surface area contributed by atoms with E-state index in [4.69, 9.17) is 0 Å². The van der Waals surface area contributed by atoms with Gasteiger partial charge in [-0.3, -0.25) is 0 Å². The minimum Gasteiger partial charge on any atom is -0.303 e. The van der Waals surface area contributed by atoms with Crippen molar-refractivity contribution in [2.24, 2.45) is 11.3 Å². The summed E-state index contributed by atoms with van der Waals surface area (Å²) in [4.78, 5) is 11.1. The minimum absolute atomic E-state index is 0.125. The van der Waals surface area contributed by atoms with E-state index in [0.717, 1.165) is 32.0 Å². The Bertz CT molecular complexity index is 307. The third-order valence-corrected chi connectivity index (χ3v) is 3.80. The van der Waals surface area contributed by atoms with Crippen LogP contribution >= 0.6 is 0 Å². The molecule has 0 amide bonds. The molecule has 2 atom stereocenters. The summed E-state index contributed by atoms with van der Waals surface area (Å²) < 4.78 is 0. The number of allylic oxidation sites excluding steroid dienone is 4. The van der Waals surface area contributed by atoms with Crippen LogP contribution in [0.2, 0.25) is 0 Å². The maximum atomic E-state index is 11.1. The normalized spacial score (nSPS) is 29.5. The van der Waals surface area contributed by atoms with Crippen molar-refractivity contribution in [3.63, 3.8) is 0 Å². The van der Waals surface area contributed by atoms with Gasteiger partial charge in [-0.2, -0.15) is 0 Å². The molecule has 0 aromatic carbocycles. The van der Waals surface area contributed by atoms with Gasteiger partial charge in [-0.1, -0.05) is 37.1 Å². The molecule has 0 bridgehead atoms. The van der Waals surface area contributed by atoms with Crippen LogP contribution in [-0.4, -0.2) is 6.29 Å². The molecule has 0 aromatic heterocycles. The Balaban J connectivity index is 2.56. The molecule has 0 aromatic rings. The average Bonchev–Trinajstić information content (AvgIpc) is 2.23. The Morgan fingerprint density at radius 3 is 2.75 bits per heavy atom. The molecule has 1 heteroatoms. The van der Waals surface area contributed by atoms with Gasteiger partial charge in [0.25, 0.3) is 0 Å². The van der Waals surface area contributed by atoms with Gasteiger partial charge < -0.3 is 4.79 Å². The van der Waals surface area contributed by atoms with E-state index in [1.807, 2.05) is 0 Å².